The van der Waals surface area contributed by atoms with Gasteiger partial charge in [0.05, 0.1) is 0 Å². The van der Waals surface area contributed by atoms with Gasteiger partial charge < -0.3 is 4.99 Å². The van der Waals surface area contributed by atoms with Gasteiger partial charge in [0.2, 0.25) is 0 Å². The Bertz CT molecular complexity index is 69.8. The average Bonchev–Trinajstić information content (AvgIpc) is 2.23. The van der Waals surface area contributed by atoms with Gasteiger partial charge in [0.1, 0.15) is 0 Å². The van der Waals surface area contributed by atoms with E-state index < -0.39 is 0 Å². The Kier molecular flexibility index (Phi) is 6.99. The maximum absolute atomic E-state index is 3.65. The molecule has 0 amide bonds. The quantitative estimate of drug-likeness (QED) is 0.427. The van der Waals surface area contributed by atoms with Crippen LogP contribution < -0.4 is 0 Å². The molecule has 0 aromatic heterocycles. The molecule has 0 saturated heterocycles. The van der Waals surface area contributed by atoms with Gasteiger partial charge in [-0.05, 0) is 0 Å². The third-order valence-corrected chi connectivity index (χ3v) is 0.480. The van der Waals surface area contributed by atoms with Crippen LogP contribution >= 0.6 is 13.6 Å². The van der Waals surface area contributed by atoms with Gasteiger partial charge in [-0.15, -0.1) is 6.20 Å². The molecule has 3 heteroatoms. The number of aliphatic imine (C=N–C) groups is 1. The van der Waals surface area contributed by atoms with E-state index in [0.717, 1.165) is 6.42 Å². The Hall–Kier alpha value is 0.513. The number of nitrogens with zero attached hydrogens (tertiary/aromatic N) is 1. The monoisotopic (exact) mass is 209 g/mol. The number of halogens is 1. The van der Waals surface area contributed by atoms with E-state index in [2.05, 4.69) is 24.8 Å². The normalized spacial score (nSPS) is 13.6. The van der Waals surface area contributed by atoms with Gasteiger partial charge in [0, 0.05) is 0 Å². The molecule has 1 aliphatic heterocycles. The van der Waals surface area contributed by atoms with Crippen molar-refractivity contribution in [1.82, 2.24) is 0 Å². The first-order valence-electron chi connectivity index (χ1n) is 1.84. The second kappa shape index (κ2) is 6.51. The molecular formula is C4H4BrNZn. The van der Waals surface area contributed by atoms with E-state index in [9.17, 15) is 0 Å². The molecule has 0 radical (unpaired) electrons. The van der Waals surface area contributed by atoms with E-state index in [0.29, 0.717) is 0 Å². The van der Waals surface area contributed by atoms with E-state index in [1.165, 1.54) is 16.3 Å². The van der Waals surface area contributed by atoms with Crippen molar-refractivity contribution in [3.8, 4) is 0 Å². The fraction of sp³-hybridized carbons (Fsp3) is 0.250. The van der Waals surface area contributed by atoms with Gasteiger partial charge in [-0.25, -0.2) is 0 Å². The van der Waals surface area contributed by atoms with E-state index in [-0.39, 0.29) is 0 Å². The molecule has 0 fully saturated rings. The molecule has 0 aromatic carbocycles. The SMILES string of the molecule is [C-]1=NC=CC1.[Zn+][Br]. The summed E-state index contributed by atoms with van der Waals surface area (Å²) in [5, 5.41) is 0. The van der Waals surface area contributed by atoms with E-state index in [1.54, 1.807) is 6.20 Å². The maximum atomic E-state index is 3.65. The molecule has 0 spiro atoms. The second-order valence-corrected chi connectivity index (χ2v) is 0.876. The number of rotatable bonds is 0. The molecule has 7 heavy (non-hydrogen) atoms. The molecule has 0 aromatic rings. The Balaban J connectivity index is 0.000000162. The van der Waals surface area contributed by atoms with Gasteiger partial charge >= 0.3 is 30.0 Å². The van der Waals surface area contributed by atoms with E-state index in [4.69, 9.17) is 0 Å². The van der Waals surface area contributed by atoms with Crippen LogP contribution in [-0.4, -0.2) is 6.21 Å². The summed E-state index contributed by atoms with van der Waals surface area (Å²) < 4.78 is 0. The molecular weight excluding hydrogens is 207 g/mol. The Morgan fingerprint density at radius 1 is 1.71 bits per heavy atom. The molecule has 0 aliphatic carbocycles. The van der Waals surface area contributed by atoms with Crippen LogP contribution in [0.15, 0.2) is 17.3 Å². The van der Waals surface area contributed by atoms with Crippen LogP contribution in [-0.2, 0) is 16.3 Å². The summed E-state index contributed by atoms with van der Waals surface area (Å²) in [6, 6.07) is 0. The van der Waals surface area contributed by atoms with Gasteiger partial charge in [-0.1, -0.05) is 6.42 Å². The van der Waals surface area contributed by atoms with Crippen molar-refractivity contribution >= 4 is 19.8 Å². The van der Waals surface area contributed by atoms with Crippen molar-refractivity contribution in [2.75, 3.05) is 0 Å². The zero-order chi connectivity index (χ0) is 5.54. The summed E-state index contributed by atoms with van der Waals surface area (Å²) in [6.45, 7) is 0. The van der Waals surface area contributed by atoms with Crippen molar-refractivity contribution in [3.63, 3.8) is 0 Å². The van der Waals surface area contributed by atoms with Crippen LogP contribution in [0.25, 0.3) is 0 Å². The molecule has 1 nitrogen and oxygen atoms in total. The standard InChI is InChI=1S/C4H4N.BrH.Zn/c1-2-4-5-3-1;;/h1,3H,2H2;1H;/q-1;;+2/p-1. The number of hydrogen-bond acceptors (Lipinski definition) is 1. The summed E-state index contributed by atoms with van der Waals surface area (Å²) in [5.41, 5.74) is 0. The zero-order valence-corrected chi connectivity index (χ0v) is 8.45. The molecule has 0 atom stereocenters. The summed E-state index contributed by atoms with van der Waals surface area (Å²) >= 11 is 4.25. The predicted molar refractivity (Wildman–Crippen MR) is 30.1 cm³/mol. The summed E-state index contributed by atoms with van der Waals surface area (Å²) in [5.74, 6) is 0. The average molecular weight is 211 g/mol. The first-order valence-corrected chi connectivity index (χ1v) is 8.79. The zero-order valence-electron chi connectivity index (χ0n) is 3.89. The summed E-state index contributed by atoms with van der Waals surface area (Å²) in [6.07, 6.45) is 7.35. The van der Waals surface area contributed by atoms with Crippen LogP contribution in [0.1, 0.15) is 6.42 Å². The van der Waals surface area contributed by atoms with Crippen LogP contribution in [0.3, 0.4) is 0 Å². The van der Waals surface area contributed by atoms with Crippen molar-refractivity contribution in [2.24, 2.45) is 4.99 Å². The molecule has 1 aliphatic rings. The fourth-order valence-corrected chi connectivity index (χ4v) is 0.264. The van der Waals surface area contributed by atoms with Crippen molar-refractivity contribution < 1.29 is 16.3 Å². The fourth-order valence-electron chi connectivity index (χ4n) is 0.264. The Morgan fingerprint density at radius 3 is 2.57 bits per heavy atom. The summed E-state index contributed by atoms with van der Waals surface area (Å²) in [7, 11) is 0. The second-order valence-electron chi connectivity index (χ2n) is 0.876. The van der Waals surface area contributed by atoms with E-state index in [1.807, 2.05) is 6.08 Å². The van der Waals surface area contributed by atoms with Crippen molar-refractivity contribution in [2.45, 2.75) is 6.42 Å². The Morgan fingerprint density at radius 2 is 2.43 bits per heavy atom. The number of hydrogen-bond donors (Lipinski definition) is 0. The van der Waals surface area contributed by atoms with Crippen molar-refractivity contribution in [3.05, 3.63) is 12.3 Å². The molecule has 0 N–H and O–H groups in total. The van der Waals surface area contributed by atoms with Gasteiger partial charge in [-0.2, -0.15) is 12.3 Å². The third kappa shape index (κ3) is 4.36. The molecule has 34 valence electrons. The summed E-state index contributed by atoms with van der Waals surface area (Å²) in [4.78, 5) is 3.65. The topological polar surface area (TPSA) is 12.4 Å². The first-order chi connectivity index (χ1) is 3.50. The van der Waals surface area contributed by atoms with Gasteiger partial charge in [-0.3, -0.25) is 0 Å². The third-order valence-electron chi connectivity index (χ3n) is 0.480. The van der Waals surface area contributed by atoms with E-state index >= 15 is 0 Å². The van der Waals surface area contributed by atoms with Crippen molar-refractivity contribution in [1.29, 1.82) is 0 Å². The van der Waals surface area contributed by atoms with Crippen LogP contribution in [0.2, 0.25) is 0 Å². The minimum atomic E-state index is 0.903. The number of allylic oxidation sites excluding steroid dienone is 1. The van der Waals surface area contributed by atoms with Crippen LogP contribution in [0, 0.1) is 0 Å². The first kappa shape index (κ1) is 7.51. The molecule has 1 rings (SSSR count). The minimum absolute atomic E-state index is 0.903. The Labute approximate surface area is 59.9 Å². The molecule has 0 bridgehead atoms. The molecule has 0 saturated carbocycles. The van der Waals surface area contributed by atoms with Crippen LogP contribution in [0.4, 0.5) is 0 Å². The molecule has 0 unspecified atom stereocenters. The van der Waals surface area contributed by atoms with Crippen LogP contribution in [0.5, 0.6) is 0 Å². The van der Waals surface area contributed by atoms with Gasteiger partial charge in [0.25, 0.3) is 0 Å². The molecule has 1 heterocycles. The predicted octanol–water partition coefficient (Wildman–Crippen LogP) is 1.69. The van der Waals surface area contributed by atoms with Gasteiger partial charge in [0.15, 0.2) is 0 Å².